The summed E-state index contributed by atoms with van der Waals surface area (Å²) in [5.41, 5.74) is 0.549. The molecule has 10 heteroatoms. The van der Waals surface area contributed by atoms with E-state index in [0.717, 1.165) is 0 Å². The Bertz CT molecular complexity index is 789. The van der Waals surface area contributed by atoms with Crippen LogP contribution in [0.5, 0.6) is 0 Å². The Balaban J connectivity index is 2.44. The van der Waals surface area contributed by atoms with Crippen molar-refractivity contribution in [1.29, 1.82) is 5.26 Å². The van der Waals surface area contributed by atoms with Gasteiger partial charge in [-0.3, -0.25) is 9.59 Å². The van der Waals surface area contributed by atoms with Gasteiger partial charge in [-0.05, 0) is 31.5 Å². The van der Waals surface area contributed by atoms with Crippen LogP contribution in [0.25, 0.3) is 0 Å². The van der Waals surface area contributed by atoms with Crippen LogP contribution >= 0.6 is 11.6 Å². The molecule has 2 N–H and O–H groups in total. The normalized spacial score (nSPS) is 11.0. The summed E-state index contributed by atoms with van der Waals surface area (Å²) in [6.07, 6.45) is 0.372. The number of nitrogens with zero attached hydrogens (tertiary/aromatic N) is 2. The number of carbonyl (C=O) groups is 2. The second kappa shape index (κ2) is 9.36. The zero-order valence-electron chi connectivity index (χ0n) is 13.9. The number of benzene rings is 1. The van der Waals surface area contributed by atoms with Crippen LogP contribution in [0.4, 0.5) is 5.69 Å². The van der Waals surface area contributed by atoms with E-state index in [2.05, 4.69) is 10.6 Å². The predicted octanol–water partition coefficient (Wildman–Crippen LogP) is 0.938. The van der Waals surface area contributed by atoms with Gasteiger partial charge >= 0.3 is 11.8 Å². The van der Waals surface area contributed by atoms with Crippen molar-refractivity contribution in [1.82, 2.24) is 9.62 Å². The summed E-state index contributed by atoms with van der Waals surface area (Å²) in [4.78, 5) is 23.5. The van der Waals surface area contributed by atoms with Gasteiger partial charge in [0.25, 0.3) is 0 Å². The standard InChI is InChI=1S/C15H19ClN4O4S/c1-3-25(23,24)20(2)8-4-7-18-14(21)15(22)19-12-6-5-11(10-17)13(16)9-12/h5-6,9H,3-4,7-8H2,1-2H3,(H,18,21)(H,19,22). The summed E-state index contributed by atoms with van der Waals surface area (Å²) >= 11 is 5.85. The van der Waals surface area contributed by atoms with E-state index in [-0.39, 0.29) is 35.1 Å². The monoisotopic (exact) mass is 386 g/mol. The minimum absolute atomic E-state index is 0.00537. The maximum atomic E-state index is 11.8. The summed E-state index contributed by atoms with van der Waals surface area (Å²) in [5.74, 6) is -1.72. The summed E-state index contributed by atoms with van der Waals surface area (Å²) in [6, 6.07) is 6.15. The molecular formula is C15H19ClN4O4S. The number of nitrogens with one attached hydrogen (secondary N) is 2. The van der Waals surface area contributed by atoms with Crippen LogP contribution in [-0.4, -0.2) is 50.4 Å². The van der Waals surface area contributed by atoms with Gasteiger partial charge in [0.2, 0.25) is 10.0 Å². The third-order valence-electron chi connectivity index (χ3n) is 3.33. The number of halogens is 1. The lowest BCUT2D eigenvalue weighted by Crippen LogP contribution is -2.37. The molecule has 0 bridgehead atoms. The van der Waals surface area contributed by atoms with Gasteiger partial charge in [0, 0.05) is 25.8 Å². The van der Waals surface area contributed by atoms with Crippen LogP contribution in [0.15, 0.2) is 18.2 Å². The molecule has 0 spiro atoms. The quantitative estimate of drug-likeness (QED) is 0.533. The largest absolute Gasteiger partial charge is 0.348 e. The Morgan fingerprint density at radius 3 is 2.56 bits per heavy atom. The van der Waals surface area contributed by atoms with E-state index in [1.54, 1.807) is 6.92 Å². The molecule has 0 aliphatic carbocycles. The molecule has 1 aromatic rings. The van der Waals surface area contributed by atoms with E-state index >= 15 is 0 Å². The zero-order valence-corrected chi connectivity index (χ0v) is 15.4. The van der Waals surface area contributed by atoms with E-state index in [1.165, 1.54) is 29.6 Å². The van der Waals surface area contributed by atoms with Crippen molar-refractivity contribution in [2.24, 2.45) is 0 Å². The first-order chi connectivity index (χ1) is 11.7. The number of carbonyl (C=O) groups excluding carboxylic acids is 2. The Labute approximate surface area is 151 Å². The Morgan fingerprint density at radius 1 is 1.32 bits per heavy atom. The minimum atomic E-state index is -3.26. The van der Waals surface area contributed by atoms with Crippen LogP contribution in [0.1, 0.15) is 18.9 Å². The van der Waals surface area contributed by atoms with Gasteiger partial charge in [-0.2, -0.15) is 5.26 Å². The lowest BCUT2D eigenvalue weighted by molar-refractivity contribution is -0.136. The highest BCUT2D eigenvalue weighted by molar-refractivity contribution is 7.89. The van der Waals surface area contributed by atoms with Crippen LogP contribution in [-0.2, 0) is 19.6 Å². The molecule has 1 aromatic carbocycles. The lowest BCUT2D eigenvalue weighted by Gasteiger charge is -2.15. The van der Waals surface area contributed by atoms with Gasteiger partial charge in [0.1, 0.15) is 6.07 Å². The highest BCUT2D eigenvalue weighted by Crippen LogP contribution is 2.20. The van der Waals surface area contributed by atoms with E-state index in [0.29, 0.717) is 6.42 Å². The van der Waals surface area contributed by atoms with E-state index in [9.17, 15) is 18.0 Å². The molecule has 0 fully saturated rings. The number of anilines is 1. The predicted molar refractivity (Wildman–Crippen MR) is 94.5 cm³/mol. The SMILES string of the molecule is CCS(=O)(=O)N(C)CCCNC(=O)C(=O)Nc1ccc(C#N)c(Cl)c1. The Kier molecular flexibility index (Phi) is 7.83. The van der Waals surface area contributed by atoms with Crippen molar-refractivity contribution in [3.8, 4) is 6.07 Å². The van der Waals surface area contributed by atoms with Gasteiger partial charge in [0.15, 0.2) is 0 Å². The number of hydrogen-bond donors (Lipinski definition) is 2. The van der Waals surface area contributed by atoms with Crippen molar-refractivity contribution in [3.05, 3.63) is 28.8 Å². The van der Waals surface area contributed by atoms with Crippen LogP contribution < -0.4 is 10.6 Å². The fourth-order valence-corrected chi connectivity index (χ4v) is 2.89. The third-order valence-corrected chi connectivity index (χ3v) is 5.50. The molecule has 0 unspecified atom stereocenters. The summed E-state index contributed by atoms with van der Waals surface area (Å²) in [5, 5.41) is 13.7. The molecule has 8 nitrogen and oxygen atoms in total. The summed E-state index contributed by atoms with van der Waals surface area (Å²) in [6.45, 7) is 1.95. The van der Waals surface area contributed by atoms with Crippen LogP contribution in [0.3, 0.4) is 0 Å². The molecule has 0 saturated carbocycles. The summed E-state index contributed by atoms with van der Waals surface area (Å²) in [7, 11) is -1.80. The van der Waals surface area contributed by atoms with Crippen molar-refractivity contribution in [2.45, 2.75) is 13.3 Å². The third kappa shape index (κ3) is 6.34. The molecule has 2 amide bonds. The van der Waals surface area contributed by atoms with Gasteiger partial charge in [0.05, 0.1) is 16.3 Å². The average Bonchev–Trinajstić information content (AvgIpc) is 2.58. The number of amides is 2. The van der Waals surface area contributed by atoms with E-state index in [4.69, 9.17) is 16.9 Å². The maximum Gasteiger partial charge on any atom is 0.313 e. The second-order valence-electron chi connectivity index (χ2n) is 5.09. The number of sulfonamides is 1. The number of nitriles is 1. The lowest BCUT2D eigenvalue weighted by atomic mass is 10.2. The molecule has 0 aromatic heterocycles. The van der Waals surface area contributed by atoms with Gasteiger partial charge in [-0.15, -0.1) is 0 Å². The molecule has 0 saturated heterocycles. The summed E-state index contributed by atoms with van der Waals surface area (Å²) < 4.78 is 24.3. The number of hydrogen-bond acceptors (Lipinski definition) is 5. The zero-order chi connectivity index (χ0) is 19.0. The second-order valence-corrected chi connectivity index (χ2v) is 7.86. The molecule has 0 atom stereocenters. The minimum Gasteiger partial charge on any atom is -0.348 e. The van der Waals surface area contributed by atoms with Gasteiger partial charge in [-0.25, -0.2) is 12.7 Å². The maximum absolute atomic E-state index is 11.8. The van der Waals surface area contributed by atoms with Gasteiger partial charge < -0.3 is 10.6 Å². The topological polar surface area (TPSA) is 119 Å². The van der Waals surface area contributed by atoms with Crippen LogP contribution in [0.2, 0.25) is 5.02 Å². The molecule has 25 heavy (non-hydrogen) atoms. The molecule has 0 heterocycles. The Morgan fingerprint density at radius 2 is 2.00 bits per heavy atom. The average molecular weight is 387 g/mol. The molecular weight excluding hydrogens is 368 g/mol. The highest BCUT2D eigenvalue weighted by Gasteiger charge is 2.16. The van der Waals surface area contributed by atoms with E-state index < -0.39 is 21.8 Å². The molecule has 0 aliphatic rings. The highest BCUT2D eigenvalue weighted by atomic mass is 35.5. The van der Waals surface area contributed by atoms with Crippen LogP contribution in [0, 0.1) is 11.3 Å². The molecule has 136 valence electrons. The van der Waals surface area contributed by atoms with Gasteiger partial charge in [-0.1, -0.05) is 11.6 Å². The first-order valence-electron chi connectivity index (χ1n) is 7.44. The van der Waals surface area contributed by atoms with Crippen molar-refractivity contribution >= 4 is 39.1 Å². The molecule has 0 aliphatic heterocycles. The molecule has 1 rings (SSSR count). The van der Waals surface area contributed by atoms with Crippen molar-refractivity contribution in [3.63, 3.8) is 0 Å². The smallest absolute Gasteiger partial charge is 0.313 e. The Hall–Kier alpha value is -2.15. The first kappa shape index (κ1) is 20.9. The van der Waals surface area contributed by atoms with E-state index in [1.807, 2.05) is 6.07 Å². The fraction of sp³-hybridized carbons (Fsp3) is 0.400. The number of rotatable bonds is 7. The fourth-order valence-electron chi connectivity index (χ4n) is 1.81. The van der Waals surface area contributed by atoms with Crippen molar-refractivity contribution in [2.75, 3.05) is 31.2 Å². The molecule has 0 radical (unpaired) electrons. The van der Waals surface area contributed by atoms with Crippen molar-refractivity contribution < 1.29 is 18.0 Å². The first-order valence-corrected chi connectivity index (χ1v) is 9.42.